The highest BCUT2D eigenvalue weighted by molar-refractivity contribution is 5.83. The summed E-state index contributed by atoms with van der Waals surface area (Å²) >= 11 is 0. The summed E-state index contributed by atoms with van der Waals surface area (Å²) in [4.78, 5) is 16.4. The van der Waals surface area contributed by atoms with Crippen molar-refractivity contribution in [3.8, 4) is 5.75 Å². The van der Waals surface area contributed by atoms with E-state index in [1.165, 1.54) is 0 Å². The molecule has 3 rings (SSSR count). The third kappa shape index (κ3) is 2.27. The zero-order chi connectivity index (χ0) is 14.9. The Kier molecular flexibility index (Phi) is 3.37. The average Bonchev–Trinajstić information content (AvgIpc) is 2.49. The summed E-state index contributed by atoms with van der Waals surface area (Å²) in [5, 5.41) is 9.90. The second-order valence-electron chi connectivity index (χ2n) is 5.43. The Labute approximate surface area is 123 Å². The number of aliphatic carboxylic acids is 1. The first kappa shape index (κ1) is 13.6. The molecule has 0 radical (unpaired) electrons. The van der Waals surface area contributed by atoms with Crippen molar-refractivity contribution >= 4 is 5.97 Å². The number of carboxylic acid groups (broad SMARTS) is 1. The molecular weight excluding hydrogens is 266 g/mol. The molecule has 0 spiro atoms. The highest BCUT2D eigenvalue weighted by Crippen LogP contribution is 2.41. The van der Waals surface area contributed by atoms with Crippen LogP contribution in [0.5, 0.6) is 5.75 Å². The third-order valence-electron chi connectivity index (χ3n) is 4.19. The van der Waals surface area contributed by atoms with Crippen LogP contribution in [0, 0.1) is 6.92 Å². The number of hydrogen-bond acceptors (Lipinski definition) is 3. The fraction of sp³-hybridized carbons (Fsp3) is 0.294. The molecule has 1 unspecified atom stereocenters. The Morgan fingerprint density at radius 3 is 2.90 bits per heavy atom. The summed E-state index contributed by atoms with van der Waals surface area (Å²) < 4.78 is 5.61. The van der Waals surface area contributed by atoms with Crippen molar-refractivity contribution in [1.82, 2.24) is 4.98 Å². The summed E-state index contributed by atoms with van der Waals surface area (Å²) in [5.74, 6) is -0.150. The molecule has 1 aromatic heterocycles. The van der Waals surface area contributed by atoms with Crippen molar-refractivity contribution in [2.45, 2.75) is 25.2 Å². The highest BCUT2D eigenvalue weighted by Gasteiger charge is 2.45. The lowest BCUT2D eigenvalue weighted by molar-refractivity contribution is -0.145. The molecule has 4 nitrogen and oxygen atoms in total. The number of rotatable bonds is 3. The van der Waals surface area contributed by atoms with E-state index < -0.39 is 11.4 Å². The SMILES string of the molecule is Cc1cccnc1CC1(C(=O)O)CCOc2ccccc21. The number of para-hydroxylation sites is 1. The van der Waals surface area contributed by atoms with Gasteiger partial charge in [0, 0.05) is 30.3 Å². The molecule has 0 saturated heterocycles. The second-order valence-corrected chi connectivity index (χ2v) is 5.43. The summed E-state index contributed by atoms with van der Waals surface area (Å²) in [6.07, 6.45) is 2.55. The van der Waals surface area contributed by atoms with Crippen molar-refractivity contribution in [3.05, 3.63) is 59.4 Å². The van der Waals surface area contributed by atoms with Crippen LogP contribution in [0.25, 0.3) is 0 Å². The van der Waals surface area contributed by atoms with Crippen LogP contribution in [0.15, 0.2) is 42.6 Å². The fourth-order valence-electron chi connectivity index (χ4n) is 2.93. The minimum absolute atomic E-state index is 0.384. The second kappa shape index (κ2) is 5.20. The highest BCUT2D eigenvalue weighted by atomic mass is 16.5. The van der Waals surface area contributed by atoms with E-state index in [4.69, 9.17) is 4.74 Å². The molecule has 108 valence electrons. The topological polar surface area (TPSA) is 59.4 Å². The number of benzene rings is 1. The number of aromatic nitrogens is 1. The molecule has 0 fully saturated rings. The summed E-state index contributed by atoms with van der Waals surface area (Å²) in [5.41, 5.74) is 1.63. The van der Waals surface area contributed by atoms with E-state index in [-0.39, 0.29) is 0 Å². The van der Waals surface area contributed by atoms with Gasteiger partial charge in [0.05, 0.1) is 6.61 Å². The molecule has 21 heavy (non-hydrogen) atoms. The monoisotopic (exact) mass is 283 g/mol. The van der Waals surface area contributed by atoms with Gasteiger partial charge in [-0.15, -0.1) is 0 Å². The number of ether oxygens (including phenoxy) is 1. The normalized spacial score (nSPS) is 20.4. The van der Waals surface area contributed by atoms with E-state index in [1.54, 1.807) is 6.20 Å². The van der Waals surface area contributed by atoms with E-state index in [9.17, 15) is 9.90 Å². The number of fused-ring (bicyclic) bond motifs is 1. The van der Waals surface area contributed by atoms with Crippen LogP contribution < -0.4 is 4.74 Å². The Hall–Kier alpha value is -2.36. The number of carboxylic acids is 1. The molecule has 0 saturated carbocycles. The van der Waals surface area contributed by atoms with Crippen molar-refractivity contribution in [2.24, 2.45) is 0 Å². The van der Waals surface area contributed by atoms with E-state index in [1.807, 2.05) is 43.3 Å². The molecule has 2 aromatic rings. The standard InChI is InChI=1S/C17H17NO3/c1-12-5-4-9-18-14(12)11-17(16(19)20)8-10-21-15-7-3-2-6-13(15)17/h2-7,9H,8,10-11H2,1H3,(H,19,20). The van der Waals surface area contributed by atoms with Gasteiger partial charge in [-0.1, -0.05) is 24.3 Å². The smallest absolute Gasteiger partial charge is 0.314 e. The predicted octanol–water partition coefficient (Wildman–Crippen LogP) is 2.74. The van der Waals surface area contributed by atoms with Gasteiger partial charge in [-0.05, 0) is 24.6 Å². The molecule has 0 bridgehead atoms. The molecule has 4 heteroatoms. The van der Waals surface area contributed by atoms with Crippen molar-refractivity contribution in [1.29, 1.82) is 0 Å². The van der Waals surface area contributed by atoms with E-state index in [0.29, 0.717) is 25.2 Å². The first-order valence-corrected chi connectivity index (χ1v) is 7.00. The third-order valence-corrected chi connectivity index (χ3v) is 4.19. The van der Waals surface area contributed by atoms with Crippen LogP contribution >= 0.6 is 0 Å². The van der Waals surface area contributed by atoms with E-state index in [2.05, 4.69) is 4.98 Å². The van der Waals surface area contributed by atoms with Gasteiger partial charge in [-0.25, -0.2) is 0 Å². The van der Waals surface area contributed by atoms with Crippen LogP contribution in [0.4, 0.5) is 0 Å². The first-order valence-electron chi connectivity index (χ1n) is 7.00. The maximum absolute atomic E-state index is 12.1. The molecule has 1 atom stereocenters. The largest absolute Gasteiger partial charge is 0.493 e. The molecule has 1 aliphatic rings. The van der Waals surface area contributed by atoms with Gasteiger partial charge < -0.3 is 9.84 Å². The van der Waals surface area contributed by atoms with Crippen LogP contribution in [-0.2, 0) is 16.6 Å². The maximum atomic E-state index is 12.1. The van der Waals surface area contributed by atoms with Gasteiger partial charge in [0.15, 0.2) is 0 Å². The van der Waals surface area contributed by atoms with Gasteiger partial charge >= 0.3 is 5.97 Å². The Bertz CT molecular complexity index is 683. The van der Waals surface area contributed by atoms with Gasteiger partial charge in [0.1, 0.15) is 11.2 Å². The Morgan fingerprint density at radius 2 is 2.14 bits per heavy atom. The molecule has 1 aliphatic heterocycles. The zero-order valence-electron chi connectivity index (χ0n) is 11.9. The molecule has 1 aromatic carbocycles. The first-order chi connectivity index (χ1) is 10.1. The van der Waals surface area contributed by atoms with Crippen LogP contribution in [0.3, 0.4) is 0 Å². The average molecular weight is 283 g/mol. The van der Waals surface area contributed by atoms with Gasteiger partial charge in [-0.2, -0.15) is 0 Å². The van der Waals surface area contributed by atoms with Gasteiger partial charge in [-0.3, -0.25) is 9.78 Å². The fourth-order valence-corrected chi connectivity index (χ4v) is 2.93. The minimum atomic E-state index is -0.964. The Balaban J connectivity index is 2.11. The van der Waals surface area contributed by atoms with Crippen molar-refractivity contribution in [2.75, 3.05) is 6.61 Å². The lowest BCUT2D eigenvalue weighted by Gasteiger charge is -2.35. The molecule has 0 aliphatic carbocycles. The lowest BCUT2D eigenvalue weighted by atomic mass is 9.72. The number of carbonyl (C=O) groups is 1. The number of hydrogen-bond donors (Lipinski definition) is 1. The van der Waals surface area contributed by atoms with Crippen LogP contribution in [0.2, 0.25) is 0 Å². The summed E-state index contributed by atoms with van der Waals surface area (Å²) in [6.45, 7) is 2.37. The van der Waals surface area contributed by atoms with Crippen molar-refractivity contribution < 1.29 is 14.6 Å². The number of aryl methyl sites for hydroxylation is 1. The lowest BCUT2D eigenvalue weighted by Crippen LogP contribution is -2.42. The Morgan fingerprint density at radius 1 is 1.33 bits per heavy atom. The molecule has 2 heterocycles. The number of nitrogens with zero attached hydrogens (tertiary/aromatic N) is 1. The van der Waals surface area contributed by atoms with Crippen LogP contribution in [0.1, 0.15) is 23.2 Å². The minimum Gasteiger partial charge on any atom is -0.493 e. The van der Waals surface area contributed by atoms with E-state index in [0.717, 1.165) is 16.8 Å². The molecular formula is C17H17NO3. The van der Waals surface area contributed by atoms with Crippen molar-refractivity contribution in [3.63, 3.8) is 0 Å². The zero-order valence-corrected chi connectivity index (χ0v) is 11.9. The quantitative estimate of drug-likeness (QED) is 0.941. The van der Waals surface area contributed by atoms with Crippen LogP contribution in [-0.4, -0.2) is 22.7 Å². The number of pyridine rings is 1. The maximum Gasteiger partial charge on any atom is 0.314 e. The van der Waals surface area contributed by atoms with Gasteiger partial charge in [0.2, 0.25) is 0 Å². The summed E-state index contributed by atoms with van der Waals surface area (Å²) in [6, 6.07) is 11.2. The molecule has 1 N–H and O–H groups in total. The van der Waals surface area contributed by atoms with Gasteiger partial charge in [0.25, 0.3) is 0 Å². The predicted molar refractivity (Wildman–Crippen MR) is 78.5 cm³/mol. The van der Waals surface area contributed by atoms with E-state index >= 15 is 0 Å². The summed E-state index contributed by atoms with van der Waals surface area (Å²) in [7, 11) is 0. The molecule has 0 amide bonds.